The Bertz CT molecular complexity index is 445. The topological polar surface area (TPSA) is 42.2 Å². The summed E-state index contributed by atoms with van der Waals surface area (Å²) in [6, 6.07) is 7.43. The van der Waals surface area contributed by atoms with Crippen LogP contribution in [-0.4, -0.2) is 16.0 Å². The lowest BCUT2D eigenvalue weighted by Gasteiger charge is -1.96. The first-order valence-corrected chi connectivity index (χ1v) is 4.03. The predicted molar refractivity (Wildman–Crippen MR) is 49.7 cm³/mol. The van der Waals surface area contributed by atoms with E-state index in [1.54, 1.807) is 10.8 Å². The highest BCUT2D eigenvalue weighted by Crippen LogP contribution is 2.25. The van der Waals surface area contributed by atoms with Crippen LogP contribution < -0.4 is 0 Å². The zero-order valence-electron chi connectivity index (χ0n) is 6.97. The van der Waals surface area contributed by atoms with Crippen molar-refractivity contribution in [3.63, 3.8) is 0 Å². The highest BCUT2D eigenvalue weighted by molar-refractivity contribution is 5.86. The fourth-order valence-electron chi connectivity index (χ4n) is 1.46. The van der Waals surface area contributed by atoms with Gasteiger partial charge < -0.3 is 14.5 Å². The van der Waals surface area contributed by atoms with Crippen LogP contribution in [0.3, 0.4) is 0 Å². The Morgan fingerprint density at radius 1 is 1.38 bits per heavy atom. The summed E-state index contributed by atoms with van der Waals surface area (Å²) in [5, 5.41) is 10.3. The summed E-state index contributed by atoms with van der Waals surface area (Å²) in [5.74, 6) is 0.220. The molecule has 0 spiro atoms. The van der Waals surface area contributed by atoms with Crippen molar-refractivity contribution in [2.45, 2.75) is 6.54 Å². The molecule has 1 heterocycles. The molecule has 3 nitrogen and oxygen atoms in total. The first kappa shape index (κ1) is 7.86. The number of para-hydroxylation sites is 1. The van der Waals surface area contributed by atoms with Crippen molar-refractivity contribution in [2.24, 2.45) is 0 Å². The minimum atomic E-state index is 0.220. The van der Waals surface area contributed by atoms with Gasteiger partial charge in [0, 0.05) is 11.6 Å². The lowest BCUT2D eigenvalue weighted by atomic mass is 10.2. The first-order chi connectivity index (χ1) is 6.33. The second kappa shape index (κ2) is 2.94. The number of hydrogen-bond acceptors (Lipinski definition) is 2. The van der Waals surface area contributed by atoms with Gasteiger partial charge in [0.25, 0.3) is 0 Å². The molecule has 13 heavy (non-hydrogen) atoms. The summed E-state index contributed by atoms with van der Waals surface area (Å²) in [5.41, 5.74) is 0.882. The third-order valence-corrected chi connectivity index (χ3v) is 2.04. The molecule has 0 saturated heterocycles. The molecule has 0 aliphatic heterocycles. The molecule has 1 N–H and O–H groups in total. The van der Waals surface area contributed by atoms with Crippen LogP contribution in [0.4, 0.5) is 0 Å². The molecule has 1 aromatic carbocycles. The summed E-state index contributed by atoms with van der Waals surface area (Å²) in [4.78, 5) is 10.3. The van der Waals surface area contributed by atoms with Crippen molar-refractivity contribution < 1.29 is 9.90 Å². The van der Waals surface area contributed by atoms with Crippen LogP contribution >= 0.6 is 0 Å². The summed E-state index contributed by atoms with van der Waals surface area (Å²) in [7, 11) is 0. The number of aldehydes is 1. The second-order valence-corrected chi connectivity index (χ2v) is 2.85. The molecule has 0 amide bonds. The third kappa shape index (κ3) is 1.18. The van der Waals surface area contributed by atoms with Gasteiger partial charge in [0.05, 0.1) is 12.1 Å². The number of carbonyl (C=O) groups excluding carboxylic acids is 1. The monoisotopic (exact) mass is 175 g/mol. The lowest BCUT2D eigenvalue weighted by Crippen LogP contribution is -1.95. The maximum atomic E-state index is 10.3. The van der Waals surface area contributed by atoms with Gasteiger partial charge >= 0.3 is 0 Å². The van der Waals surface area contributed by atoms with Crippen molar-refractivity contribution in [1.29, 1.82) is 0 Å². The molecular formula is C10H9NO2. The average molecular weight is 175 g/mol. The molecule has 66 valence electrons. The molecule has 0 saturated carbocycles. The zero-order chi connectivity index (χ0) is 9.26. The number of benzene rings is 1. The van der Waals surface area contributed by atoms with Crippen LogP contribution in [0.15, 0.2) is 30.5 Å². The largest absolute Gasteiger partial charge is 0.506 e. The van der Waals surface area contributed by atoms with E-state index in [0.29, 0.717) is 0 Å². The Balaban J connectivity index is 2.70. The van der Waals surface area contributed by atoms with Crippen LogP contribution in [0.5, 0.6) is 5.75 Å². The van der Waals surface area contributed by atoms with E-state index in [0.717, 1.165) is 17.2 Å². The van der Waals surface area contributed by atoms with Gasteiger partial charge in [0.1, 0.15) is 12.0 Å². The quantitative estimate of drug-likeness (QED) is 0.703. The standard InChI is InChI=1S/C10H9NO2/c12-6-5-11-7-10(13)8-3-1-2-4-9(8)11/h1-4,6-7,13H,5H2. The zero-order valence-corrected chi connectivity index (χ0v) is 6.97. The summed E-state index contributed by atoms with van der Waals surface area (Å²) in [6.45, 7) is 0.279. The van der Waals surface area contributed by atoms with Gasteiger partial charge in [0.2, 0.25) is 0 Å². The Morgan fingerprint density at radius 2 is 2.15 bits per heavy atom. The third-order valence-electron chi connectivity index (χ3n) is 2.04. The van der Waals surface area contributed by atoms with Crippen molar-refractivity contribution in [2.75, 3.05) is 0 Å². The number of carbonyl (C=O) groups is 1. The van der Waals surface area contributed by atoms with E-state index in [1.807, 2.05) is 24.3 Å². The molecule has 3 heteroatoms. The van der Waals surface area contributed by atoms with Crippen LogP contribution in [-0.2, 0) is 11.3 Å². The van der Waals surface area contributed by atoms with E-state index < -0.39 is 0 Å². The van der Waals surface area contributed by atoms with Crippen molar-refractivity contribution in [3.8, 4) is 5.75 Å². The molecule has 0 unspecified atom stereocenters. The van der Waals surface area contributed by atoms with Crippen molar-refractivity contribution in [3.05, 3.63) is 30.5 Å². The normalized spacial score (nSPS) is 10.5. The highest BCUT2D eigenvalue weighted by Gasteiger charge is 2.04. The highest BCUT2D eigenvalue weighted by atomic mass is 16.3. The van der Waals surface area contributed by atoms with E-state index in [9.17, 15) is 9.90 Å². The Kier molecular flexibility index (Phi) is 1.77. The molecule has 2 aromatic rings. The fraction of sp³-hybridized carbons (Fsp3) is 0.100. The van der Waals surface area contributed by atoms with E-state index in [2.05, 4.69) is 0 Å². The molecule has 0 radical (unpaired) electrons. The molecule has 0 aliphatic carbocycles. The minimum Gasteiger partial charge on any atom is -0.506 e. The smallest absolute Gasteiger partial charge is 0.141 e. The van der Waals surface area contributed by atoms with Crippen molar-refractivity contribution in [1.82, 2.24) is 4.57 Å². The number of nitrogens with zero attached hydrogens (tertiary/aromatic N) is 1. The number of aromatic hydroxyl groups is 1. The maximum Gasteiger partial charge on any atom is 0.141 e. The van der Waals surface area contributed by atoms with E-state index in [1.165, 1.54) is 0 Å². The van der Waals surface area contributed by atoms with Gasteiger partial charge in [-0.25, -0.2) is 0 Å². The second-order valence-electron chi connectivity index (χ2n) is 2.85. The average Bonchev–Trinajstić information content (AvgIpc) is 2.46. The molecule has 0 atom stereocenters. The number of rotatable bonds is 2. The Morgan fingerprint density at radius 3 is 2.92 bits per heavy atom. The number of hydrogen-bond donors (Lipinski definition) is 1. The molecular weight excluding hydrogens is 166 g/mol. The Hall–Kier alpha value is -1.77. The van der Waals surface area contributed by atoms with Gasteiger partial charge in [-0.1, -0.05) is 12.1 Å². The molecule has 0 fully saturated rings. The predicted octanol–water partition coefficient (Wildman–Crippen LogP) is 1.55. The molecule has 0 aliphatic rings. The van der Waals surface area contributed by atoms with E-state index in [-0.39, 0.29) is 12.3 Å². The van der Waals surface area contributed by atoms with E-state index >= 15 is 0 Å². The van der Waals surface area contributed by atoms with Crippen LogP contribution in [0, 0.1) is 0 Å². The Labute approximate surface area is 75.2 Å². The van der Waals surface area contributed by atoms with Crippen LogP contribution in [0.1, 0.15) is 0 Å². The van der Waals surface area contributed by atoms with Gasteiger partial charge in [-0.3, -0.25) is 0 Å². The maximum absolute atomic E-state index is 10.3. The molecule has 0 bridgehead atoms. The van der Waals surface area contributed by atoms with Crippen LogP contribution in [0.2, 0.25) is 0 Å². The summed E-state index contributed by atoms with van der Waals surface area (Å²) < 4.78 is 1.72. The van der Waals surface area contributed by atoms with E-state index in [4.69, 9.17) is 0 Å². The number of fused-ring (bicyclic) bond motifs is 1. The van der Waals surface area contributed by atoms with Gasteiger partial charge in [-0.2, -0.15) is 0 Å². The van der Waals surface area contributed by atoms with Gasteiger partial charge in [0.15, 0.2) is 0 Å². The fourth-order valence-corrected chi connectivity index (χ4v) is 1.46. The van der Waals surface area contributed by atoms with Gasteiger partial charge in [-0.05, 0) is 12.1 Å². The lowest BCUT2D eigenvalue weighted by molar-refractivity contribution is -0.108. The van der Waals surface area contributed by atoms with Crippen molar-refractivity contribution >= 4 is 17.2 Å². The molecule has 1 aromatic heterocycles. The minimum absolute atomic E-state index is 0.220. The summed E-state index contributed by atoms with van der Waals surface area (Å²) in [6.07, 6.45) is 2.38. The van der Waals surface area contributed by atoms with Gasteiger partial charge in [-0.15, -0.1) is 0 Å². The molecule has 2 rings (SSSR count). The SMILES string of the molecule is O=CCn1cc(O)c2ccccc21. The van der Waals surface area contributed by atoms with Crippen LogP contribution in [0.25, 0.3) is 10.9 Å². The number of aromatic nitrogens is 1. The first-order valence-electron chi connectivity index (χ1n) is 4.03. The summed E-state index contributed by atoms with van der Waals surface area (Å²) >= 11 is 0.